The minimum atomic E-state index is -5.04. The summed E-state index contributed by atoms with van der Waals surface area (Å²) < 4.78 is 80.5. The summed E-state index contributed by atoms with van der Waals surface area (Å²) in [5.74, 6) is -0.979. The van der Waals surface area contributed by atoms with Crippen LogP contribution in [0.5, 0.6) is 0 Å². The van der Waals surface area contributed by atoms with E-state index in [-0.39, 0.29) is 22.2 Å². The first-order chi connectivity index (χ1) is 17.3. The molecule has 0 unspecified atom stereocenters. The van der Waals surface area contributed by atoms with Crippen molar-refractivity contribution in [1.29, 1.82) is 0 Å². The van der Waals surface area contributed by atoms with E-state index in [9.17, 15) is 35.9 Å². The van der Waals surface area contributed by atoms with Gasteiger partial charge in [-0.05, 0) is 35.9 Å². The summed E-state index contributed by atoms with van der Waals surface area (Å²) in [4.78, 5) is 26.6. The van der Waals surface area contributed by atoms with Crippen molar-refractivity contribution >= 4 is 28.4 Å². The number of hydrogen-bond donors (Lipinski definition) is 1. The number of carbonyl (C=O) groups is 1. The number of rotatable bonds is 4. The highest BCUT2D eigenvalue weighted by molar-refractivity contribution is 6.34. The van der Waals surface area contributed by atoms with Crippen LogP contribution in [0.25, 0.3) is 22.0 Å². The Balaban J connectivity index is 1.83. The van der Waals surface area contributed by atoms with Crippen LogP contribution in [0.2, 0.25) is 5.02 Å². The van der Waals surface area contributed by atoms with E-state index in [2.05, 4.69) is 5.32 Å². The van der Waals surface area contributed by atoms with Gasteiger partial charge in [0.05, 0.1) is 16.6 Å². The zero-order chi connectivity index (χ0) is 27.1. The lowest BCUT2D eigenvalue weighted by atomic mass is 9.95. The van der Waals surface area contributed by atoms with Crippen LogP contribution in [0, 0.1) is 0 Å². The van der Waals surface area contributed by atoms with Crippen LogP contribution in [-0.2, 0) is 25.9 Å². The predicted octanol–water partition coefficient (Wildman–Crippen LogP) is 6.83. The third kappa shape index (κ3) is 5.20. The number of halogens is 7. The maximum atomic E-state index is 13.3. The molecule has 1 heterocycles. The van der Waals surface area contributed by atoms with E-state index in [1.165, 1.54) is 11.6 Å². The molecule has 1 amide bonds. The van der Waals surface area contributed by atoms with Crippen LogP contribution in [0.15, 0.2) is 71.5 Å². The number of hydrogen-bond acceptors (Lipinski definition) is 2. The van der Waals surface area contributed by atoms with E-state index in [0.717, 1.165) is 0 Å². The number of fused-ring (bicyclic) bond motifs is 1. The number of amides is 1. The molecule has 192 valence electrons. The summed E-state index contributed by atoms with van der Waals surface area (Å²) in [6.07, 6.45) is -10.1. The Bertz CT molecular complexity index is 1540. The predicted molar refractivity (Wildman–Crippen MR) is 127 cm³/mol. The van der Waals surface area contributed by atoms with Crippen LogP contribution < -0.4 is 10.9 Å². The highest BCUT2D eigenvalue weighted by atomic mass is 35.5. The van der Waals surface area contributed by atoms with Crippen molar-refractivity contribution < 1.29 is 31.1 Å². The molecule has 0 bridgehead atoms. The molecule has 4 nitrogen and oxygen atoms in total. The third-order valence-electron chi connectivity index (χ3n) is 5.77. The molecule has 11 heteroatoms. The fraction of sp³-hybridized carbons (Fsp3) is 0.154. The normalized spacial score (nSPS) is 12.1. The minimum absolute atomic E-state index is 0.0000899. The monoisotopic (exact) mass is 538 g/mol. The van der Waals surface area contributed by atoms with Crippen LogP contribution in [0.4, 0.5) is 26.3 Å². The van der Waals surface area contributed by atoms with Crippen molar-refractivity contribution in [3.05, 3.63) is 104 Å². The zero-order valence-corrected chi connectivity index (χ0v) is 19.7. The highest BCUT2D eigenvalue weighted by Crippen LogP contribution is 2.37. The van der Waals surface area contributed by atoms with E-state index in [1.807, 2.05) is 0 Å². The summed E-state index contributed by atoms with van der Waals surface area (Å²) in [7, 11) is 1.44. The molecule has 3 aromatic carbocycles. The number of alkyl halides is 6. The van der Waals surface area contributed by atoms with Crippen molar-refractivity contribution in [3.8, 4) is 11.1 Å². The van der Waals surface area contributed by atoms with Crippen LogP contribution in [0.1, 0.15) is 27.0 Å². The Morgan fingerprint density at radius 2 is 1.46 bits per heavy atom. The number of carbonyl (C=O) groups excluding carboxylic acids is 1. The Kier molecular flexibility index (Phi) is 6.81. The second-order valence-corrected chi connectivity index (χ2v) is 8.62. The Labute approximate surface area is 211 Å². The molecule has 0 atom stereocenters. The van der Waals surface area contributed by atoms with Gasteiger partial charge in [0, 0.05) is 35.1 Å². The van der Waals surface area contributed by atoms with Crippen molar-refractivity contribution in [2.45, 2.75) is 18.9 Å². The molecule has 4 aromatic rings. The summed E-state index contributed by atoms with van der Waals surface area (Å²) in [6.45, 7) is -0.691. The largest absolute Gasteiger partial charge is 0.416 e. The van der Waals surface area contributed by atoms with Gasteiger partial charge in [0.15, 0.2) is 0 Å². The molecule has 0 fully saturated rings. The number of para-hydroxylation sites is 1. The minimum Gasteiger partial charge on any atom is -0.348 e. The fourth-order valence-electron chi connectivity index (χ4n) is 4.04. The molecule has 0 spiro atoms. The number of pyridine rings is 1. The Hall–Kier alpha value is -3.79. The van der Waals surface area contributed by atoms with Gasteiger partial charge in [0.1, 0.15) is 5.56 Å². The van der Waals surface area contributed by atoms with Crippen LogP contribution in [-0.4, -0.2) is 10.5 Å². The maximum absolute atomic E-state index is 13.3. The van der Waals surface area contributed by atoms with E-state index in [1.54, 1.807) is 48.5 Å². The second-order valence-electron chi connectivity index (χ2n) is 8.21. The van der Waals surface area contributed by atoms with E-state index >= 15 is 0 Å². The van der Waals surface area contributed by atoms with Crippen molar-refractivity contribution in [3.63, 3.8) is 0 Å². The smallest absolute Gasteiger partial charge is 0.348 e. The number of nitrogens with zero attached hydrogens (tertiary/aromatic N) is 1. The van der Waals surface area contributed by atoms with Crippen molar-refractivity contribution in [1.82, 2.24) is 9.88 Å². The van der Waals surface area contributed by atoms with Crippen molar-refractivity contribution in [2.24, 2.45) is 7.05 Å². The van der Waals surface area contributed by atoms with Gasteiger partial charge < -0.3 is 9.88 Å². The van der Waals surface area contributed by atoms with Gasteiger partial charge in [-0.1, -0.05) is 48.0 Å². The SMILES string of the molecule is Cn1c(=O)c(C(=O)NCc2cc(C(F)(F)F)cc(C(F)(F)F)c2)c(-c2ccccc2Cl)c2ccccc21. The average molecular weight is 539 g/mol. The zero-order valence-electron chi connectivity index (χ0n) is 19.0. The lowest BCUT2D eigenvalue weighted by Gasteiger charge is -2.17. The molecule has 0 saturated carbocycles. The number of benzene rings is 3. The lowest BCUT2D eigenvalue weighted by Crippen LogP contribution is -2.33. The van der Waals surface area contributed by atoms with Gasteiger partial charge in [0.25, 0.3) is 11.5 Å². The lowest BCUT2D eigenvalue weighted by molar-refractivity contribution is -0.143. The van der Waals surface area contributed by atoms with Gasteiger partial charge in [0.2, 0.25) is 0 Å². The molecule has 0 aliphatic rings. The fourth-order valence-corrected chi connectivity index (χ4v) is 4.27. The second kappa shape index (κ2) is 9.59. The first-order valence-corrected chi connectivity index (χ1v) is 11.1. The molecule has 37 heavy (non-hydrogen) atoms. The average Bonchev–Trinajstić information content (AvgIpc) is 2.84. The Morgan fingerprint density at radius 1 is 0.892 bits per heavy atom. The first kappa shape index (κ1) is 26.3. The molecule has 0 saturated heterocycles. The summed E-state index contributed by atoms with van der Waals surface area (Å²) in [6, 6.07) is 14.2. The molecule has 0 aliphatic carbocycles. The van der Waals surface area contributed by atoms with E-state index < -0.39 is 47.1 Å². The van der Waals surface area contributed by atoms with E-state index in [0.29, 0.717) is 28.6 Å². The molecule has 1 N–H and O–H groups in total. The van der Waals surface area contributed by atoms with Gasteiger partial charge in [-0.25, -0.2) is 0 Å². The molecular weight excluding hydrogens is 522 g/mol. The highest BCUT2D eigenvalue weighted by Gasteiger charge is 2.37. The summed E-state index contributed by atoms with van der Waals surface area (Å²) in [5.41, 5.74) is -3.47. The molecule has 0 aliphatic heterocycles. The van der Waals surface area contributed by atoms with Crippen LogP contribution >= 0.6 is 11.6 Å². The van der Waals surface area contributed by atoms with Gasteiger partial charge in [-0.3, -0.25) is 9.59 Å². The standard InChI is InChI=1S/C26H17ClF6N2O2/c1-35-20-9-5-3-7-18(20)21(17-6-2-4-8-19(17)27)22(24(35)37)23(36)34-13-14-10-15(25(28,29)30)12-16(11-14)26(31,32)33/h2-12H,13H2,1H3,(H,34,36). The van der Waals surface area contributed by atoms with Crippen molar-refractivity contribution in [2.75, 3.05) is 0 Å². The first-order valence-electron chi connectivity index (χ1n) is 10.7. The molecule has 0 radical (unpaired) electrons. The molecule has 4 rings (SSSR count). The number of aromatic nitrogens is 1. The molecule has 1 aromatic heterocycles. The summed E-state index contributed by atoms with van der Waals surface area (Å²) in [5, 5.41) is 3.04. The van der Waals surface area contributed by atoms with Gasteiger partial charge >= 0.3 is 12.4 Å². The quantitative estimate of drug-likeness (QED) is 0.290. The van der Waals surface area contributed by atoms with Gasteiger partial charge in [-0.15, -0.1) is 0 Å². The topological polar surface area (TPSA) is 51.1 Å². The third-order valence-corrected chi connectivity index (χ3v) is 6.10. The maximum Gasteiger partial charge on any atom is 0.416 e. The number of nitrogens with one attached hydrogen (secondary N) is 1. The molecular formula is C26H17ClF6N2O2. The summed E-state index contributed by atoms with van der Waals surface area (Å²) >= 11 is 6.37. The van der Waals surface area contributed by atoms with Gasteiger partial charge in [-0.2, -0.15) is 26.3 Å². The van der Waals surface area contributed by atoms with E-state index in [4.69, 9.17) is 11.6 Å². The number of aryl methyl sites for hydroxylation is 1. The van der Waals surface area contributed by atoms with Crippen LogP contribution in [0.3, 0.4) is 0 Å². The Morgan fingerprint density at radius 3 is 2.05 bits per heavy atom.